The molecule has 0 aliphatic rings. The maximum absolute atomic E-state index is 13.1. The Kier molecular flexibility index (Phi) is 6.01. The zero-order valence-corrected chi connectivity index (χ0v) is 15.6. The van der Waals surface area contributed by atoms with Crippen LogP contribution in [-0.2, 0) is 20.8 Å². The number of halogens is 4. The predicted octanol–water partition coefficient (Wildman–Crippen LogP) is 2.88. The molecule has 2 aromatic rings. The van der Waals surface area contributed by atoms with Crippen molar-refractivity contribution in [3.05, 3.63) is 59.4 Å². The maximum atomic E-state index is 13.1. The summed E-state index contributed by atoms with van der Waals surface area (Å²) in [6.07, 6.45) is -4.88. The van der Waals surface area contributed by atoms with E-state index in [1.54, 1.807) is 0 Å². The number of hydrogen-bond donors (Lipinski definition) is 2. The molecule has 6 nitrogen and oxygen atoms in total. The quantitative estimate of drug-likeness (QED) is 0.560. The van der Waals surface area contributed by atoms with Crippen LogP contribution in [0.5, 0.6) is 0 Å². The number of benzene rings is 2. The molecular weight excluding hydrogens is 416 g/mol. The molecule has 0 radical (unpaired) electrons. The first-order valence-electron chi connectivity index (χ1n) is 7.90. The topological polar surface area (TPSA) is 107 Å². The van der Waals surface area contributed by atoms with Crippen LogP contribution in [0.4, 0.5) is 23.2 Å². The average Bonchev–Trinajstić information content (AvgIpc) is 2.66. The van der Waals surface area contributed by atoms with Gasteiger partial charge in [-0.1, -0.05) is 0 Å². The minimum Gasteiger partial charge on any atom is -0.394 e. The summed E-state index contributed by atoms with van der Waals surface area (Å²) in [7, 11) is -4.54. The third-order valence-electron chi connectivity index (χ3n) is 4.20. The molecule has 0 fully saturated rings. The second-order valence-corrected chi connectivity index (χ2v) is 8.55. The van der Waals surface area contributed by atoms with Gasteiger partial charge in [0.05, 0.1) is 28.7 Å². The zero-order valence-electron chi connectivity index (χ0n) is 14.8. The van der Waals surface area contributed by atoms with E-state index in [0.717, 1.165) is 43.3 Å². The molecule has 11 heteroatoms. The Balaban J connectivity index is 2.44. The van der Waals surface area contributed by atoms with Gasteiger partial charge in [-0.25, -0.2) is 12.8 Å². The van der Waals surface area contributed by atoms with E-state index in [1.807, 2.05) is 5.32 Å². The first kappa shape index (κ1) is 22.3. The Morgan fingerprint density at radius 2 is 1.76 bits per heavy atom. The van der Waals surface area contributed by atoms with Gasteiger partial charge in [0.15, 0.2) is 14.6 Å². The van der Waals surface area contributed by atoms with Crippen molar-refractivity contribution in [1.29, 1.82) is 5.26 Å². The molecule has 1 amide bonds. The fraction of sp³-hybridized carbons (Fsp3) is 0.222. The van der Waals surface area contributed by atoms with E-state index in [4.69, 9.17) is 5.26 Å². The van der Waals surface area contributed by atoms with Crippen molar-refractivity contribution < 1.29 is 35.9 Å². The van der Waals surface area contributed by atoms with Crippen LogP contribution in [0.15, 0.2) is 47.4 Å². The van der Waals surface area contributed by atoms with Gasteiger partial charge < -0.3 is 10.4 Å². The first-order chi connectivity index (χ1) is 13.4. The van der Waals surface area contributed by atoms with Gasteiger partial charge in [-0.3, -0.25) is 4.79 Å². The highest BCUT2D eigenvalue weighted by molar-refractivity contribution is 7.93. The largest absolute Gasteiger partial charge is 0.417 e. The number of alkyl halides is 3. The minimum atomic E-state index is -4.88. The lowest BCUT2D eigenvalue weighted by atomic mass is 10.1. The van der Waals surface area contributed by atoms with Crippen LogP contribution < -0.4 is 5.32 Å². The van der Waals surface area contributed by atoms with Crippen LogP contribution in [0, 0.1) is 17.1 Å². The van der Waals surface area contributed by atoms with Crippen molar-refractivity contribution in [3.63, 3.8) is 0 Å². The van der Waals surface area contributed by atoms with Crippen LogP contribution in [0.25, 0.3) is 0 Å². The number of nitrogens with zero attached hydrogens (tertiary/aromatic N) is 1. The molecule has 0 aromatic heterocycles. The fourth-order valence-electron chi connectivity index (χ4n) is 2.37. The number of amides is 1. The van der Waals surface area contributed by atoms with E-state index in [2.05, 4.69) is 0 Å². The van der Waals surface area contributed by atoms with Gasteiger partial charge in [0.25, 0.3) is 0 Å². The second kappa shape index (κ2) is 7.81. The summed E-state index contributed by atoms with van der Waals surface area (Å²) in [5.41, 5.74) is -2.42. The molecule has 154 valence electrons. The van der Waals surface area contributed by atoms with Crippen molar-refractivity contribution in [3.8, 4) is 6.07 Å². The maximum Gasteiger partial charge on any atom is 0.417 e. The number of nitriles is 1. The van der Waals surface area contributed by atoms with Crippen molar-refractivity contribution >= 4 is 21.4 Å². The van der Waals surface area contributed by atoms with Crippen molar-refractivity contribution in [2.24, 2.45) is 0 Å². The molecular formula is C18H14F4N2O4S. The van der Waals surface area contributed by atoms with Crippen LogP contribution in [-0.4, -0.2) is 30.8 Å². The molecule has 0 heterocycles. The second-order valence-electron chi connectivity index (χ2n) is 6.17. The molecule has 0 bridgehead atoms. The molecule has 0 aliphatic carbocycles. The number of anilines is 1. The van der Waals surface area contributed by atoms with E-state index >= 15 is 0 Å². The Morgan fingerprint density at radius 1 is 1.17 bits per heavy atom. The number of carbonyl (C=O) groups is 1. The first-order valence-corrected chi connectivity index (χ1v) is 9.39. The van der Waals surface area contributed by atoms with E-state index in [0.29, 0.717) is 6.07 Å². The van der Waals surface area contributed by atoms with Crippen LogP contribution >= 0.6 is 0 Å². The van der Waals surface area contributed by atoms with Gasteiger partial charge in [0.2, 0.25) is 5.91 Å². The lowest BCUT2D eigenvalue weighted by Crippen LogP contribution is -2.50. The molecule has 1 unspecified atom stereocenters. The predicted molar refractivity (Wildman–Crippen MR) is 93.9 cm³/mol. The summed E-state index contributed by atoms with van der Waals surface area (Å²) < 4.78 is 75.4. The summed E-state index contributed by atoms with van der Waals surface area (Å²) in [6.45, 7) is -0.309. The van der Waals surface area contributed by atoms with E-state index in [9.17, 15) is 35.9 Å². The number of hydrogen-bond acceptors (Lipinski definition) is 5. The molecule has 0 aliphatic heterocycles. The molecule has 29 heavy (non-hydrogen) atoms. The van der Waals surface area contributed by atoms with Crippen LogP contribution in [0.2, 0.25) is 0 Å². The number of carbonyl (C=O) groups excluding carboxylic acids is 1. The minimum absolute atomic E-state index is 0.421. The Labute approximate surface area is 163 Å². The van der Waals surface area contributed by atoms with Crippen LogP contribution in [0.1, 0.15) is 18.1 Å². The molecule has 0 saturated carbocycles. The number of nitrogens with one attached hydrogen (secondary N) is 1. The number of aliphatic hydroxyl groups excluding tert-OH is 1. The normalized spacial score (nSPS) is 14.0. The summed E-state index contributed by atoms with van der Waals surface area (Å²) in [5.74, 6) is -2.03. The summed E-state index contributed by atoms with van der Waals surface area (Å²) in [4.78, 5) is 12.1. The van der Waals surface area contributed by atoms with Crippen molar-refractivity contribution in [2.45, 2.75) is 22.7 Å². The van der Waals surface area contributed by atoms with Gasteiger partial charge in [0.1, 0.15) is 5.82 Å². The van der Waals surface area contributed by atoms with E-state index < -0.39 is 60.8 Å². The highest BCUT2D eigenvalue weighted by Crippen LogP contribution is 2.34. The van der Waals surface area contributed by atoms with Gasteiger partial charge in [-0.2, -0.15) is 18.4 Å². The van der Waals surface area contributed by atoms with Crippen LogP contribution in [0.3, 0.4) is 0 Å². The van der Waals surface area contributed by atoms with Gasteiger partial charge in [-0.05, 0) is 49.4 Å². The molecule has 0 saturated heterocycles. The van der Waals surface area contributed by atoms with Crippen molar-refractivity contribution in [2.75, 3.05) is 11.9 Å². The number of aliphatic hydroxyl groups is 1. The highest BCUT2D eigenvalue weighted by atomic mass is 32.2. The lowest BCUT2D eigenvalue weighted by molar-refractivity contribution is -0.137. The zero-order chi connectivity index (χ0) is 22.0. The monoisotopic (exact) mass is 430 g/mol. The lowest BCUT2D eigenvalue weighted by Gasteiger charge is -2.26. The Bertz CT molecular complexity index is 1080. The smallest absolute Gasteiger partial charge is 0.394 e. The SMILES string of the molecule is CC(CO)(C(=O)Nc1ccc(C#N)c(C(F)(F)F)c1)S(=O)(=O)c1ccc(F)cc1. The molecule has 0 spiro atoms. The highest BCUT2D eigenvalue weighted by Gasteiger charge is 2.47. The molecule has 2 N–H and O–H groups in total. The standard InChI is InChI=1S/C18H14F4N2O4S/c1-17(10-25,29(27,28)14-6-3-12(19)4-7-14)16(26)24-13-5-2-11(9-23)15(8-13)18(20,21)22/h2-8,25H,10H2,1H3,(H,24,26). The molecule has 1 atom stereocenters. The number of rotatable bonds is 5. The van der Waals surface area contributed by atoms with Crippen molar-refractivity contribution in [1.82, 2.24) is 0 Å². The van der Waals surface area contributed by atoms with Gasteiger partial charge in [-0.15, -0.1) is 0 Å². The molecule has 2 aromatic carbocycles. The summed E-state index contributed by atoms with van der Waals surface area (Å²) >= 11 is 0. The number of sulfone groups is 1. The van der Waals surface area contributed by atoms with Gasteiger partial charge >= 0.3 is 6.18 Å². The third kappa shape index (κ3) is 4.23. The average molecular weight is 430 g/mol. The van der Waals surface area contributed by atoms with Gasteiger partial charge in [0, 0.05) is 5.69 Å². The summed E-state index contributed by atoms with van der Waals surface area (Å²) in [5, 5.41) is 20.4. The summed E-state index contributed by atoms with van der Waals surface area (Å²) in [6, 6.07) is 7.17. The van der Waals surface area contributed by atoms with E-state index in [-0.39, 0.29) is 0 Å². The fourth-order valence-corrected chi connectivity index (χ4v) is 3.85. The Hall–Kier alpha value is -2.97. The molecule has 2 rings (SSSR count). The third-order valence-corrected chi connectivity index (χ3v) is 6.60. The Morgan fingerprint density at radius 3 is 2.24 bits per heavy atom. The van der Waals surface area contributed by atoms with E-state index in [1.165, 1.54) is 6.07 Å².